The van der Waals surface area contributed by atoms with Gasteiger partial charge in [-0.25, -0.2) is 4.98 Å². The number of nitrogens with one attached hydrogen (secondary N) is 1. The highest BCUT2D eigenvalue weighted by Crippen LogP contribution is 2.36. The summed E-state index contributed by atoms with van der Waals surface area (Å²) in [6.07, 6.45) is 0.103. The number of benzene rings is 2. The van der Waals surface area contributed by atoms with E-state index in [0.717, 1.165) is 11.1 Å². The maximum absolute atomic E-state index is 12.4. The lowest BCUT2D eigenvalue weighted by atomic mass is 10.2. The van der Waals surface area contributed by atoms with Gasteiger partial charge in [-0.2, -0.15) is 0 Å². The smallest absolute Gasteiger partial charge is 0.231 e. The van der Waals surface area contributed by atoms with Gasteiger partial charge >= 0.3 is 0 Å². The Balaban J connectivity index is 1.52. The highest BCUT2D eigenvalue weighted by molar-refractivity contribution is 6.31. The Morgan fingerprint density at radius 2 is 2.00 bits per heavy atom. The van der Waals surface area contributed by atoms with Crippen molar-refractivity contribution < 1.29 is 18.7 Å². The lowest BCUT2D eigenvalue weighted by Gasteiger charge is -2.08. The van der Waals surface area contributed by atoms with Crippen LogP contribution in [0.3, 0.4) is 0 Å². The van der Waals surface area contributed by atoms with E-state index in [0.29, 0.717) is 39.6 Å². The minimum atomic E-state index is -0.186. The van der Waals surface area contributed by atoms with Crippen LogP contribution in [0.15, 0.2) is 40.8 Å². The molecule has 0 unspecified atom stereocenters. The summed E-state index contributed by atoms with van der Waals surface area (Å²) in [5.41, 5.74) is 2.86. The normalized spacial score (nSPS) is 12.3. The minimum absolute atomic E-state index is 0.103. The lowest BCUT2D eigenvalue weighted by molar-refractivity contribution is -0.115. The molecular formula is C20H17ClN2O4. The Kier molecular flexibility index (Phi) is 4.49. The van der Waals surface area contributed by atoms with E-state index in [4.69, 9.17) is 25.5 Å². The van der Waals surface area contributed by atoms with Crippen molar-refractivity contribution in [3.8, 4) is 23.0 Å². The van der Waals surface area contributed by atoms with Gasteiger partial charge in [-0.05, 0) is 49.7 Å². The fourth-order valence-electron chi connectivity index (χ4n) is 2.83. The van der Waals surface area contributed by atoms with E-state index < -0.39 is 0 Å². The average molecular weight is 385 g/mol. The Bertz CT molecular complexity index is 1030. The Morgan fingerprint density at radius 1 is 1.19 bits per heavy atom. The van der Waals surface area contributed by atoms with Crippen LogP contribution in [0.2, 0.25) is 5.02 Å². The summed E-state index contributed by atoms with van der Waals surface area (Å²) in [6, 6.07) is 10.9. The van der Waals surface area contributed by atoms with Crippen LogP contribution in [0.5, 0.6) is 11.5 Å². The topological polar surface area (TPSA) is 73.6 Å². The van der Waals surface area contributed by atoms with Gasteiger partial charge in [0.1, 0.15) is 5.76 Å². The third-order valence-electron chi connectivity index (χ3n) is 4.38. The molecule has 3 aromatic rings. The molecule has 2 heterocycles. The van der Waals surface area contributed by atoms with Crippen LogP contribution >= 0.6 is 11.6 Å². The monoisotopic (exact) mass is 384 g/mol. The van der Waals surface area contributed by atoms with E-state index in [-0.39, 0.29) is 19.1 Å². The van der Waals surface area contributed by atoms with Gasteiger partial charge in [0.05, 0.1) is 12.1 Å². The second-order valence-electron chi connectivity index (χ2n) is 6.23. The van der Waals surface area contributed by atoms with E-state index in [1.807, 2.05) is 31.2 Å². The van der Waals surface area contributed by atoms with E-state index in [1.165, 1.54) is 0 Å². The number of carbonyl (C=O) groups excluding carboxylic acids is 1. The zero-order valence-corrected chi connectivity index (χ0v) is 15.6. The van der Waals surface area contributed by atoms with Gasteiger partial charge in [0, 0.05) is 16.3 Å². The summed E-state index contributed by atoms with van der Waals surface area (Å²) >= 11 is 6.10. The van der Waals surface area contributed by atoms with Crippen molar-refractivity contribution in [3.05, 3.63) is 58.4 Å². The van der Waals surface area contributed by atoms with Crippen LogP contribution in [-0.4, -0.2) is 17.7 Å². The largest absolute Gasteiger partial charge is 0.454 e. The molecule has 0 aliphatic carbocycles. The number of halogens is 1. The molecular weight excluding hydrogens is 368 g/mol. The number of carbonyl (C=O) groups is 1. The average Bonchev–Trinajstić information content (AvgIpc) is 3.25. The van der Waals surface area contributed by atoms with E-state index >= 15 is 0 Å². The molecule has 27 heavy (non-hydrogen) atoms. The van der Waals surface area contributed by atoms with Crippen molar-refractivity contribution in [1.29, 1.82) is 0 Å². The molecule has 1 amide bonds. The number of anilines is 1. The maximum atomic E-state index is 12.4. The second-order valence-corrected chi connectivity index (χ2v) is 6.63. The molecule has 1 aliphatic heterocycles. The van der Waals surface area contributed by atoms with Crippen molar-refractivity contribution >= 4 is 23.2 Å². The minimum Gasteiger partial charge on any atom is -0.454 e. The van der Waals surface area contributed by atoms with Gasteiger partial charge in [-0.15, -0.1) is 0 Å². The van der Waals surface area contributed by atoms with Gasteiger partial charge in [0.2, 0.25) is 18.6 Å². The zero-order chi connectivity index (χ0) is 19.0. The molecule has 4 rings (SSSR count). The van der Waals surface area contributed by atoms with Gasteiger partial charge in [-0.3, -0.25) is 4.79 Å². The molecule has 0 bridgehead atoms. The fourth-order valence-corrected chi connectivity index (χ4v) is 3.01. The number of oxazole rings is 1. The number of ether oxygens (including phenoxy) is 2. The van der Waals surface area contributed by atoms with Crippen molar-refractivity contribution in [1.82, 2.24) is 4.98 Å². The molecule has 1 aliphatic rings. The molecule has 0 radical (unpaired) electrons. The first kappa shape index (κ1) is 17.4. The number of aromatic nitrogens is 1. The summed E-state index contributed by atoms with van der Waals surface area (Å²) in [7, 11) is 0. The predicted molar refractivity (Wildman–Crippen MR) is 101 cm³/mol. The Morgan fingerprint density at radius 3 is 2.85 bits per heavy atom. The predicted octanol–water partition coefficient (Wildman–Crippen LogP) is 4.52. The van der Waals surface area contributed by atoms with Crippen molar-refractivity contribution in [2.45, 2.75) is 20.3 Å². The third kappa shape index (κ3) is 3.48. The molecule has 0 spiro atoms. The second kappa shape index (κ2) is 6.96. The number of fused-ring (bicyclic) bond motifs is 1. The zero-order valence-electron chi connectivity index (χ0n) is 14.8. The fraction of sp³-hybridized carbons (Fsp3) is 0.200. The number of rotatable bonds is 4. The van der Waals surface area contributed by atoms with Crippen LogP contribution in [0.4, 0.5) is 5.69 Å². The van der Waals surface area contributed by atoms with Crippen LogP contribution < -0.4 is 14.8 Å². The number of hydrogen-bond donors (Lipinski definition) is 1. The molecule has 138 valence electrons. The first-order valence-electron chi connectivity index (χ1n) is 8.42. The van der Waals surface area contributed by atoms with Crippen LogP contribution in [0.25, 0.3) is 11.5 Å². The first-order chi connectivity index (χ1) is 13.0. The van der Waals surface area contributed by atoms with Crippen molar-refractivity contribution in [2.75, 3.05) is 12.1 Å². The highest BCUT2D eigenvalue weighted by Gasteiger charge is 2.19. The number of hydrogen-bond acceptors (Lipinski definition) is 5. The molecule has 0 fully saturated rings. The molecule has 0 saturated heterocycles. The Hall–Kier alpha value is -2.99. The lowest BCUT2D eigenvalue weighted by Crippen LogP contribution is -2.16. The van der Waals surface area contributed by atoms with Gasteiger partial charge in [-0.1, -0.05) is 17.7 Å². The van der Waals surface area contributed by atoms with Crippen molar-refractivity contribution in [3.63, 3.8) is 0 Å². The standard InChI is InChI=1S/C20H17ClN2O4/c1-11-14(21)4-3-5-15(11)22-19(24)9-16-12(2)27-20(23-16)13-6-7-17-18(8-13)26-10-25-17/h3-8H,9-10H2,1-2H3,(H,22,24). The molecule has 1 N–H and O–H groups in total. The summed E-state index contributed by atoms with van der Waals surface area (Å²) in [5.74, 6) is 2.19. The number of aryl methyl sites for hydroxylation is 1. The van der Waals surface area contributed by atoms with Gasteiger partial charge < -0.3 is 19.2 Å². The summed E-state index contributed by atoms with van der Waals surface area (Å²) in [5, 5.41) is 3.48. The van der Waals surface area contributed by atoms with Gasteiger partial charge in [0.25, 0.3) is 0 Å². The summed E-state index contributed by atoms with van der Waals surface area (Å²) < 4.78 is 16.4. The van der Waals surface area contributed by atoms with Crippen molar-refractivity contribution in [2.24, 2.45) is 0 Å². The van der Waals surface area contributed by atoms with E-state index in [9.17, 15) is 4.79 Å². The number of nitrogens with zero attached hydrogens (tertiary/aromatic N) is 1. The Labute approximate surface area is 161 Å². The molecule has 2 aromatic carbocycles. The van der Waals surface area contributed by atoms with Crippen LogP contribution in [-0.2, 0) is 11.2 Å². The summed E-state index contributed by atoms with van der Waals surface area (Å²) in [4.78, 5) is 16.9. The highest BCUT2D eigenvalue weighted by atomic mass is 35.5. The summed E-state index contributed by atoms with van der Waals surface area (Å²) in [6.45, 7) is 3.85. The molecule has 0 atom stereocenters. The molecule has 7 heteroatoms. The SMILES string of the molecule is Cc1oc(-c2ccc3c(c2)OCO3)nc1CC(=O)Nc1cccc(Cl)c1C. The molecule has 6 nitrogen and oxygen atoms in total. The van der Waals surface area contributed by atoms with Crippen LogP contribution in [0.1, 0.15) is 17.0 Å². The van der Waals surface area contributed by atoms with Gasteiger partial charge in [0.15, 0.2) is 11.5 Å². The van der Waals surface area contributed by atoms with E-state index in [2.05, 4.69) is 10.3 Å². The van der Waals surface area contributed by atoms with Crippen LogP contribution in [0, 0.1) is 13.8 Å². The third-order valence-corrected chi connectivity index (χ3v) is 4.79. The maximum Gasteiger partial charge on any atom is 0.231 e. The quantitative estimate of drug-likeness (QED) is 0.715. The van der Waals surface area contributed by atoms with E-state index in [1.54, 1.807) is 19.1 Å². The first-order valence-corrected chi connectivity index (χ1v) is 8.80. The molecule has 1 aromatic heterocycles. The molecule has 0 saturated carbocycles. The number of amides is 1.